The maximum absolute atomic E-state index is 12.4. The quantitative estimate of drug-likeness (QED) is 0.301. The summed E-state index contributed by atoms with van der Waals surface area (Å²) >= 11 is 0. The largest absolute Gasteiger partial charge is 0.309 e. The lowest BCUT2D eigenvalue weighted by Crippen LogP contribution is -2.18. The number of anilines is 2. The van der Waals surface area contributed by atoms with Crippen LogP contribution >= 0.6 is 0 Å². The fraction of sp³-hybridized carbons (Fsp3) is 0.312. The van der Waals surface area contributed by atoms with Gasteiger partial charge in [-0.2, -0.15) is 10.2 Å². The van der Waals surface area contributed by atoms with E-state index in [0.29, 0.717) is 24.5 Å². The van der Waals surface area contributed by atoms with E-state index in [1.165, 1.54) is 0 Å². The van der Waals surface area contributed by atoms with Gasteiger partial charge in [0.25, 0.3) is 0 Å². The van der Waals surface area contributed by atoms with Crippen molar-refractivity contribution >= 4 is 23.5 Å². The summed E-state index contributed by atoms with van der Waals surface area (Å²) in [5.41, 5.74) is 6.04. The van der Waals surface area contributed by atoms with Gasteiger partial charge >= 0.3 is 0 Å². The fourth-order valence-corrected chi connectivity index (χ4v) is 5.37. The molecule has 4 aromatic rings. The van der Waals surface area contributed by atoms with Crippen molar-refractivity contribution in [3.8, 4) is 0 Å². The van der Waals surface area contributed by atoms with E-state index in [-0.39, 0.29) is 23.7 Å². The molecule has 1 aliphatic rings. The Morgan fingerprint density at radius 1 is 0.675 bits per heavy atom. The molecule has 0 radical (unpaired) electrons. The molecule has 0 saturated heterocycles. The summed E-state index contributed by atoms with van der Waals surface area (Å²) in [7, 11) is 0. The molecule has 2 aromatic carbocycles. The number of aryl methyl sites for hydroxylation is 2. The van der Waals surface area contributed by atoms with Gasteiger partial charge < -0.3 is 10.6 Å². The molecule has 8 heteroatoms. The molecule has 204 valence electrons. The number of hydrogen-bond donors (Lipinski definition) is 2. The Morgan fingerprint density at radius 3 is 1.55 bits per heavy atom. The first-order chi connectivity index (χ1) is 19.4. The molecule has 1 fully saturated rings. The Morgan fingerprint density at radius 2 is 1.15 bits per heavy atom. The van der Waals surface area contributed by atoms with Gasteiger partial charge in [0.05, 0.1) is 24.2 Å². The molecular weight excluding hydrogens is 500 g/mol. The minimum atomic E-state index is -0.112. The Kier molecular flexibility index (Phi) is 8.54. The predicted molar refractivity (Wildman–Crippen MR) is 155 cm³/mol. The third-order valence-corrected chi connectivity index (χ3v) is 7.31. The average molecular weight is 535 g/mol. The van der Waals surface area contributed by atoms with Crippen molar-refractivity contribution in [3.63, 3.8) is 0 Å². The molecule has 1 aliphatic carbocycles. The molecule has 5 rings (SSSR count). The molecule has 40 heavy (non-hydrogen) atoms. The summed E-state index contributed by atoms with van der Waals surface area (Å²) in [6.45, 7) is 4.02. The van der Waals surface area contributed by atoms with Crippen molar-refractivity contribution in [2.75, 3.05) is 10.6 Å². The summed E-state index contributed by atoms with van der Waals surface area (Å²) in [5.74, 6) is 1.22. The Bertz CT molecular complexity index is 1360. The van der Waals surface area contributed by atoms with E-state index >= 15 is 0 Å². The summed E-state index contributed by atoms with van der Waals surface area (Å²) in [6, 6.07) is 23.4. The van der Waals surface area contributed by atoms with Gasteiger partial charge in [0.15, 0.2) is 11.6 Å². The van der Waals surface area contributed by atoms with Crippen molar-refractivity contribution < 1.29 is 9.59 Å². The summed E-state index contributed by atoms with van der Waals surface area (Å²) in [5, 5.41) is 23.1. The van der Waals surface area contributed by atoms with Crippen LogP contribution in [0.5, 0.6) is 0 Å². The molecule has 1 saturated carbocycles. The van der Waals surface area contributed by atoms with Crippen molar-refractivity contribution in [3.05, 3.63) is 106 Å². The number of nitrogens with one attached hydrogen (secondary N) is 2. The van der Waals surface area contributed by atoms with Crippen LogP contribution in [0.4, 0.5) is 11.6 Å². The zero-order valence-electron chi connectivity index (χ0n) is 22.9. The van der Waals surface area contributed by atoms with Gasteiger partial charge in [0.2, 0.25) is 11.8 Å². The third-order valence-electron chi connectivity index (χ3n) is 7.31. The lowest BCUT2D eigenvalue weighted by atomic mass is 9.78. The van der Waals surface area contributed by atoms with Crippen molar-refractivity contribution in [2.45, 2.75) is 64.2 Å². The Balaban J connectivity index is 1.14. The molecule has 0 spiro atoms. The van der Waals surface area contributed by atoms with Gasteiger partial charge in [-0.1, -0.05) is 66.1 Å². The average Bonchev–Trinajstić information content (AvgIpc) is 2.94. The van der Waals surface area contributed by atoms with Crippen LogP contribution in [0.2, 0.25) is 0 Å². The lowest BCUT2D eigenvalue weighted by Gasteiger charge is -2.28. The summed E-state index contributed by atoms with van der Waals surface area (Å²) in [6.07, 6.45) is 4.62. The van der Waals surface area contributed by atoms with Crippen LogP contribution < -0.4 is 10.6 Å². The number of amides is 2. The number of benzene rings is 2. The highest BCUT2D eigenvalue weighted by Crippen LogP contribution is 2.40. The second-order valence-corrected chi connectivity index (χ2v) is 10.7. The highest BCUT2D eigenvalue weighted by molar-refractivity contribution is 5.91. The maximum Gasteiger partial charge on any atom is 0.229 e. The van der Waals surface area contributed by atoms with E-state index < -0.39 is 0 Å². The minimum absolute atomic E-state index is 0.112. The lowest BCUT2D eigenvalue weighted by molar-refractivity contribution is -0.116. The molecular formula is C32H34N6O2. The van der Waals surface area contributed by atoms with E-state index in [9.17, 15) is 9.59 Å². The van der Waals surface area contributed by atoms with Crippen molar-refractivity contribution in [1.82, 2.24) is 20.4 Å². The van der Waals surface area contributed by atoms with Crippen LogP contribution in [-0.2, 0) is 22.4 Å². The van der Waals surface area contributed by atoms with E-state index in [1.54, 1.807) is 0 Å². The number of aromatic nitrogens is 4. The van der Waals surface area contributed by atoms with E-state index in [4.69, 9.17) is 0 Å². The minimum Gasteiger partial charge on any atom is -0.309 e. The highest BCUT2D eigenvalue weighted by Gasteiger charge is 2.27. The third kappa shape index (κ3) is 7.34. The highest BCUT2D eigenvalue weighted by atomic mass is 16.2. The zero-order valence-corrected chi connectivity index (χ0v) is 22.9. The van der Waals surface area contributed by atoms with Crippen molar-refractivity contribution in [2.24, 2.45) is 0 Å². The Hall–Kier alpha value is -4.46. The van der Waals surface area contributed by atoms with Gasteiger partial charge in [-0.05, 0) is 68.5 Å². The first-order valence-electron chi connectivity index (χ1n) is 13.8. The predicted octanol–water partition coefficient (Wildman–Crippen LogP) is 5.69. The van der Waals surface area contributed by atoms with Crippen LogP contribution in [0.15, 0.2) is 72.8 Å². The molecule has 8 nitrogen and oxygen atoms in total. The van der Waals surface area contributed by atoms with Gasteiger partial charge in [-0.25, -0.2) is 0 Å². The van der Waals surface area contributed by atoms with Crippen molar-refractivity contribution in [1.29, 1.82) is 0 Å². The summed E-state index contributed by atoms with van der Waals surface area (Å²) in [4.78, 5) is 24.9. The molecule has 2 N–H and O–H groups in total. The van der Waals surface area contributed by atoms with E-state index in [1.807, 2.05) is 86.6 Å². The summed E-state index contributed by atoms with van der Waals surface area (Å²) < 4.78 is 0. The van der Waals surface area contributed by atoms with Crippen LogP contribution in [0.25, 0.3) is 0 Å². The second-order valence-electron chi connectivity index (χ2n) is 10.7. The molecule has 2 amide bonds. The number of nitrogens with zero attached hydrogens (tertiary/aromatic N) is 4. The maximum atomic E-state index is 12.4. The molecule has 2 heterocycles. The van der Waals surface area contributed by atoms with E-state index in [2.05, 4.69) is 31.0 Å². The van der Waals surface area contributed by atoms with Crippen LogP contribution in [0.3, 0.4) is 0 Å². The molecule has 0 aliphatic heterocycles. The van der Waals surface area contributed by atoms with Crippen LogP contribution in [0.1, 0.15) is 71.2 Å². The first-order valence-corrected chi connectivity index (χ1v) is 13.8. The SMILES string of the molecule is Cc1cccc(CC(=O)Nc2ccc([C@H]3CCC[C@H](c4ccc(NC(=O)Cc5cccc(C)c5)nn4)C3)nn2)c1. The Labute approximate surface area is 234 Å². The van der Waals surface area contributed by atoms with Gasteiger partial charge in [0.1, 0.15) is 0 Å². The number of hydrogen-bond acceptors (Lipinski definition) is 6. The zero-order chi connectivity index (χ0) is 27.9. The van der Waals surface area contributed by atoms with E-state index in [0.717, 1.165) is 59.3 Å². The molecule has 2 atom stereocenters. The topological polar surface area (TPSA) is 110 Å². The molecule has 0 unspecified atom stereocenters. The smallest absolute Gasteiger partial charge is 0.229 e. The fourth-order valence-electron chi connectivity index (χ4n) is 5.37. The first kappa shape index (κ1) is 27.1. The second kappa shape index (κ2) is 12.6. The van der Waals surface area contributed by atoms with Gasteiger partial charge in [-0.15, -0.1) is 10.2 Å². The van der Waals surface area contributed by atoms with Crippen LogP contribution in [-0.4, -0.2) is 32.2 Å². The van der Waals surface area contributed by atoms with Crippen LogP contribution in [0, 0.1) is 13.8 Å². The monoisotopic (exact) mass is 534 g/mol. The standard InChI is InChI=1S/C32H34N6O2/c1-21-6-3-8-23(16-21)18-31(39)33-29-14-12-27(35-37-29)25-10-5-11-26(20-25)28-13-15-30(38-36-28)34-32(40)19-24-9-4-7-22(2)17-24/h3-4,6-9,12-17,25-26H,5,10-11,18-20H2,1-2H3,(H,33,37,39)(H,34,38,40)/t25-,26-/m0/s1. The number of carbonyl (C=O) groups excluding carboxylic acids is 2. The van der Waals surface area contributed by atoms with Gasteiger partial charge in [-0.3, -0.25) is 9.59 Å². The molecule has 0 bridgehead atoms. The number of carbonyl (C=O) groups is 2. The normalized spacial score (nSPS) is 16.8. The molecule has 2 aromatic heterocycles. The number of rotatable bonds is 8. The van der Waals surface area contributed by atoms with Gasteiger partial charge in [0, 0.05) is 11.8 Å².